The Morgan fingerprint density at radius 3 is 3.06 bits per heavy atom. The van der Waals surface area contributed by atoms with Crippen LogP contribution in [-0.4, -0.2) is 23.3 Å². The summed E-state index contributed by atoms with van der Waals surface area (Å²) in [5.41, 5.74) is 0. The minimum atomic E-state index is -0.865. The summed E-state index contributed by atoms with van der Waals surface area (Å²) in [7, 11) is 0. The van der Waals surface area contributed by atoms with Crippen LogP contribution in [0.3, 0.4) is 0 Å². The van der Waals surface area contributed by atoms with Crippen molar-refractivity contribution in [3.05, 3.63) is 0 Å². The normalized spacial score (nSPS) is 61.1. The van der Waals surface area contributed by atoms with Gasteiger partial charge in [-0.2, -0.15) is 0 Å². The van der Waals surface area contributed by atoms with E-state index in [2.05, 4.69) is 6.92 Å². The summed E-state index contributed by atoms with van der Waals surface area (Å²) < 4.78 is 11.8. The highest BCUT2D eigenvalue weighted by Crippen LogP contribution is 2.67. The Kier molecular flexibility index (Phi) is 1.85. The van der Waals surface area contributed by atoms with Crippen molar-refractivity contribution < 1.29 is 14.6 Å². The zero-order chi connectivity index (χ0) is 10.9. The lowest BCUT2D eigenvalue weighted by Crippen LogP contribution is -2.42. The van der Waals surface area contributed by atoms with Crippen LogP contribution in [0.5, 0.6) is 0 Å². The molecule has 2 bridgehead atoms. The van der Waals surface area contributed by atoms with E-state index in [9.17, 15) is 5.11 Å². The molecule has 0 aromatic carbocycles. The number of unbranched alkanes of at least 4 members (excludes halogenated alkanes) is 1. The molecule has 7 atom stereocenters. The van der Waals surface area contributed by atoms with Gasteiger partial charge in [-0.3, -0.25) is 0 Å². The molecule has 1 N–H and O–H groups in total. The first-order valence-electron chi connectivity index (χ1n) is 6.78. The molecule has 3 heteroatoms. The number of fused-ring (bicyclic) bond motifs is 2. The second kappa shape index (κ2) is 3.01. The fraction of sp³-hybridized carbons (Fsp3) is 1.00. The largest absolute Gasteiger partial charge is 0.365 e. The summed E-state index contributed by atoms with van der Waals surface area (Å²) >= 11 is 0. The molecular weight excluding hydrogens is 204 g/mol. The van der Waals surface area contributed by atoms with E-state index in [1.807, 2.05) is 0 Å². The van der Waals surface area contributed by atoms with Gasteiger partial charge in [0.25, 0.3) is 0 Å². The minimum absolute atomic E-state index is 0.0886. The van der Waals surface area contributed by atoms with Crippen molar-refractivity contribution in [2.75, 3.05) is 0 Å². The molecule has 16 heavy (non-hydrogen) atoms. The number of aliphatic hydroxyl groups is 1. The van der Waals surface area contributed by atoms with Crippen LogP contribution in [0.1, 0.15) is 39.0 Å². The number of hydrogen-bond acceptors (Lipinski definition) is 3. The summed E-state index contributed by atoms with van der Waals surface area (Å²) in [4.78, 5) is 0. The molecule has 0 radical (unpaired) electrons. The molecule has 2 saturated heterocycles. The molecule has 2 heterocycles. The molecule has 2 aliphatic carbocycles. The summed E-state index contributed by atoms with van der Waals surface area (Å²) in [5.74, 6) is 1.36. The van der Waals surface area contributed by atoms with Crippen molar-refractivity contribution in [1.82, 2.24) is 0 Å². The molecule has 4 aliphatic rings. The van der Waals surface area contributed by atoms with Crippen molar-refractivity contribution >= 4 is 0 Å². The third-order valence-electron chi connectivity index (χ3n) is 5.36. The van der Waals surface area contributed by atoms with Gasteiger partial charge in [-0.1, -0.05) is 13.3 Å². The van der Waals surface area contributed by atoms with Crippen LogP contribution in [0.15, 0.2) is 0 Å². The third-order valence-corrected chi connectivity index (χ3v) is 5.36. The van der Waals surface area contributed by atoms with Gasteiger partial charge in [-0.15, -0.1) is 0 Å². The van der Waals surface area contributed by atoms with Crippen molar-refractivity contribution in [1.29, 1.82) is 0 Å². The Balaban J connectivity index is 1.64. The van der Waals surface area contributed by atoms with Gasteiger partial charge < -0.3 is 14.6 Å². The van der Waals surface area contributed by atoms with Crippen molar-refractivity contribution in [3.8, 4) is 0 Å². The van der Waals surface area contributed by atoms with E-state index in [1.54, 1.807) is 0 Å². The first-order chi connectivity index (χ1) is 7.73. The van der Waals surface area contributed by atoms with Gasteiger partial charge in [0.2, 0.25) is 0 Å². The standard InChI is InChI=1S/C13H20O3/c1-2-3-4-13(14)11-7-5-8-9(6-7)15-12(16-13)10(8)11/h7-12,14H,2-6H2,1H3/t7-,8+,9-,10-,11+,12+,13+/m1/s1. The van der Waals surface area contributed by atoms with Gasteiger partial charge >= 0.3 is 0 Å². The maximum absolute atomic E-state index is 10.7. The summed E-state index contributed by atoms with van der Waals surface area (Å²) in [6.07, 6.45) is 5.76. The molecule has 90 valence electrons. The highest BCUT2D eigenvalue weighted by atomic mass is 16.8. The number of hydrogen-bond donors (Lipinski definition) is 1. The van der Waals surface area contributed by atoms with E-state index >= 15 is 0 Å². The smallest absolute Gasteiger partial charge is 0.172 e. The van der Waals surface area contributed by atoms with E-state index in [-0.39, 0.29) is 6.29 Å². The van der Waals surface area contributed by atoms with Crippen molar-refractivity contribution in [3.63, 3.8) is 0 Å². The molecule has 3 nitrogen and oxygen atoms in total. The third kappa shape index (κ3) is 1.00. The maximum atomic E-state index is 10.7. The first-order valence-corrected chi connectivity index (χ1v) is 6.78. The summed E-state index contributed by atoms with van der Waals surface area (Å²) in [6.45, 7) is 2.16. The summed E-state index contributed by atoms with van der Waals surface area (Å²) in [5, 5.41) is 10.7. The average Bonchev–Trinajstić information content (AvgIpc) is 2.88. The zero-order valence-corrected chi connectivity index (χ0v) is 9.76. The molecular formula is C13H20O3. The highest BCUT2D eigenvalue weighted by Gasteiger charge is 2.71. The lowest BCUT2D eigenvalue weighted by molar-refractivity contribution is -0.278. The lowest BCUT2D eigenvalue weighted by Gasteiger charge is -2.35. The Morgan fingerprint density at radius 1 is 1.38 bits per heavy atom. The topological polar surface area (TPSA) is 38.7 Å². The Hall–Kier alpha value is -0.120. The van der Waals surface area contributed by atoms with Crippen LogP contribution in [0.25, 0.3) is 0 Å². The zero-order valence-electron chi connectivity index (χ0n) is 9.76. The van der Waals surface area contributed by atoms with Gasteiger partial charge in [0.15, 0.2) is 12.1 Å². The number of ether oxygens (including phenoxy) is 2. The second-order valence-corrected chi connectivity index (χ2v) is 6.11. The van der Waals surface area contributed by atoms with E-state index in [0.29, 0.717) is 29.8 Å². The molecule has 0 aromatic rings. The van der Waals surface area contributed by atoms with Gasteiger partial charge in [-0.05, 0) is 31.1 Å². The van der Waals surface area contributed by atoms with E-state index in [1.165, 1.54) is 12.8 Å². The van der Waals surface area contributed by atoms with Crippen LogP contribution in [0.2, 0.25) is 0 Å². The van der Waals surface area contributed by atoms with Gasteiger partial charge in [0, 0.05) is 18.3 Å². The van der Waals surface area contributed by atoms with Gasteiger partial charge in [0.1, 0.15) is 0 Å². The highest BCUT2D eigenvalue weighted by molar-refractivity contribution is 5.13. The Bertz CT molecular complexity index is 316. The van der Waals surface area contributed by atoms with Crippen LogP contribution in [-0.2, 0) is 9.47 Å². The van der Waals surface area contributed by atoms with Crippen LogP contribution >= 0.6 is 0 Å². The summed E-state index contributed by atoms with van der Waals surface area (Å²) in [6, 6.07) is 0. The van der Waals surface area contributed by atoms with E-state index < -0.39 is 5.79 Å². The second-order valence-electron chi connectivity index (χ2n) is 6.11. The van der Waals surface area contributed by atoms with Crippen molar-refractivity contribution in [2.45, 2.75) is 57.2 Å². The fourth-order valence-electron chi connectivity index (χ4n) is 4.85. The number of rotatable bonds is 3. The molecule has 2 saturated carbocycles. The van der Waals surface area contributed by atoms with Gasteiger partial charge in [0.05, 0.1) is 6.10 Å². The molecule has 0 spiro atoms. The van der Waals surface area contributed by atoms with Crippen LogP contribution in [0, 0.1) is 23.7 Å². The fourth-order valence-corrected chi connectivity index (χ4v) is 4.85. The predicted molar refractivity (Wildman–Crippen MR) is 57.4 cm³/mol. The van der Waals surface area contributed by atoms with E-state index in [0.717, 1.165) is 19.3 Å². The average molecular weight is 224 g/mol. The van der Waals surface area contributed by atoms with E-state index in [4.69, 9.17) is 9.47 Å². The Labute approximate surface area is 96.1 Å². The predicted octanol–water partition coefficient (Wildman–Crippen LogP) is 1.89. The SMILES string of the molecule is CCCC[C@]1(O)O[C@@H]2O[C@@H]3C[C@H]4C[C@@H]3[C@@H]2[C@H]41. The molecule has 0 unspecified atom stereocenters. The molecule has 2 aliphatic heterocycles. The minimum Gasteiger partial charge on any atom is -0.365 e. The Morgan fingerprint density at radius 2 is 2.25 bits per heavy atom. The van der Waals surface area contributed by atoms with Crippen molar-refractivity contribution in [2.24, 2.45) is 23.7 Å². The molecule has 4 fully saturated rings. The van der Waals surface area contributed by atoms with Crippen LogP contribution in [0.4, 0.5) is 0 Å². The maximum Gasteiger partial charge on any atom is 0.172 e. The first kappa shape index (κ1) is 9.86. The lowest BCUT2D eigenvalue weighted by atomic mass is 9.75. The molecule has 0 amide bonds. The molecule has 4 rings (SSSR count). The van der Waals surface area contributed by atoms with Crippen LogP contribution < -0.4 is 0 Å². The monoisotopic (exact) mass is 224 g/mol. The van der Waals surface area contributed by atoms with Gasteiger partial charge in [-0.25, -0.2) is 0 Å². The molecule has 0 aromatic heterocycles. The quantitative estimate of drug-likeness (QED) is 0.795.